The predicted molar refractivity (Wildman–Crippen MR) is 106 cm³/mol. The summed E-state index contributed by atoms with van der Waals surface area (Å²) in [5.74, 6) is 0.724. The van der Waals surface area contributed by atoms with E-state index in [0.29, 0.717) is 6.54 Å². The third-order valence-electron chi connectivity index (χ3n) is 6.14. The highest BCUT2D eigenvalue weighted by Crippen LogP contribution is 2.47. The van der Waals surface area contributed by atoms with E-state index in [-0.39, 0.29) is 22.6 Å². The van der Waals surface area contributed by atoms with Gasteiger partial charge in [0.25, 0.3) is 0 Å². The first-order chi connectivity index (χ1) is 12.9. The Morgan fingerprint density at radius 3 is 2.19 bits per heavy atom. The van der Waals surface area contributed by atoms with E-state index < -0.39 is 0 Å². The van der Waals surface area contributed by atoms with E-state index in [2.05, 4.69) is 15.6 Å². The van der Waals surface area contributed by atoms with Gasteiger partial charge in [-0.2, -0.15) is 0 Å². The topological polar surface area (TPSA) is 56.7 Å². The monoisotopic (exact) mass is 374 g/mol. The Balaban J connectivity index is 1.58. The van der Waals surface area contributed by atoms with Gasteiger partial charge in [0.1, 0.15) is 5.82 Å². The van der Waals surface area contributed by atoms with Crippen LogP contribution < -0.4 is 10.6 Å². The molecule has 0 aliphatic heterocycles. The number of amides is 1. The van der Waals surface area contributed by atoms with Crippen LogP contribution in [-0.4, -0.2) is 51.0 Å². The summed E-state index contributed by atoms with van der Waals surface area (Å²) in [6.07, 6.45) is 6.22. The molecular formula is C21H31FN4O. The molecule has 1 amide bonds. The number of nitrogens with one attached hydrogen (secondary N) is 2. The largest absolute Gasteiger partial charge is 0.356 e. The molecule has 0 saturated heterocycles. The lowest BCUT2D eigenvalue weighted by Crippen LogP contribution is -2.50. The van der Waals surface area contributed by atoms with Crippen molar-refractivity contribution in [2.75, 3.05) is 34.2 Å². The maximum Gasteiger partial charge on any atom is 0.230 e. The van der Waals surface area contributed by atoms with E-state index in [1.807, 2.05) is 26.2 Å². The number of rotatable bonds is 6. The van der Waals surface area contributed by atoms with Gasteiger partial charge in [0.2, 0.25) is 5.91 Å². The maximum atomic E-state index is 13.2. The number of guanidine groups is 1. The first-order valence-electron chi connectivity index (χ1n) is 9.83. The number of benzene rings is 1. The summed E-state index contributed by atoms with van der Waals surface area (Å²) in [4.78, 5) is 18.7. The molecule has 0 atom stereocenters. The van der Waals surface area contributed by atoms with E-state index >= 15 is 0 Å². The van der Waals surface area contributed by atoms with Crippen molar-refractivity contribution >= 4 is 11.9 Å². The summed E-state index contributed by atoms with van der Waals surface area (Å²) in [5, 5.41) is 6.80. The minimum Gasteiger partial charge on any atom is -0.356 e. The molecule has 0 heterocycles. The van der Waals surface area contributed by atoms with Crippen molar-refractivity contribution in [2.24, 2.45) is 10.4 Å². The van der Waals surface area contributed by atoms with Gasteiger partial charge in [-0.05, 0) is 43.4 Å². The molecule has 1 aromatic rings. The average molecular weight is 375 g/mol. The number of hydrogen-bond acceptors (Lipinski definition) is 2. The lowest BCUT2D eigenvalue weighted by atomic mass is 9.84. The van der Waals surface area contributed by atoms with Crippen molar-refractivity contribution in [3.05, 3.63) is 35.6 Å². The molecule has 2 saturated carbocycles. The molecule has 2 aliphatic carbocycles. The lowest BCUT2D eigenvalue weighted by molar-refractivity contribution is -0.138. The number of aliphatic imine (C=N–C) groups is 1. The molecule has 1 aromatic carbocycles. The fourth-order valence-electron chi connectivity index (χ4n) is 4.24. The summed E-state index contributed by atoms with van der Waals surface area (Å²) < 4.78 is 13.2. The fourth-order valence-corrected chi connectivity index (χ4v) is 4.24. The van der Waals surface area contributed by atoms with Crippen LogP contribution in [0.1, 0.15) is 44.1 Å². The smallest absolute Gasteiger partial charge is 0.230 e. The first-order valence-corrected chi connectivity index (χ1v) is 9.83. The van der Waals surface area contributed by atoms with Gasteiger partial charge in [-0.25, -0.2) is 4.39 Å². The number of halogens is 1. The molecule has 27 heavy (non-hydrogen) atoms. The van der Waals surface area contributed by atoms with Crippen molar-refractivity contribution in [3.63, 3.8) is 0 Å². The Bertz CT molecular complexity index is 689. The molecule has 2 fully saturated rings. The quantitative estimate of drug-likeness (QED) is 0.595. The van der Waals surface area contributed by atoms with Crippen LogP contribution in [-0.2, 0) is 10.2 Å². The van der Waals surface area contributed by atoms with Crippen molar-refractivity contribution in [2.45, 2.75) is 43.9 Å². The Morgan fingerprint density at radius 2 is 1.67 bits per heavy atom. The van der Waals surface area contributed by atoms with Crippen LogP contribution >= 0.6 is 0 Å². The average Bonchev–Trinajstić information content (AvgIpc) is 3.30. The predicted octanol–water partition coefficient (Wildman–Crippen LogP) is 2.67. The Labute approximate surface area is 161 Å². The maximum absolute atomic E-state index is 13.2. The summed E-state index contributed by atoms with van der Waals surface area (Å²) in [7, 11) is 5.41. The SMILES string of the molecule is CN=C(NCC1(C(=O)N(C)C)CCCC1)NCC1(c2ccc(F)cc2)CC1. The van der Waals surface area contributed by atoms with Crippen LogP contribution in [0, 0.1) is 11.2 Å². The van der Waals surface area contributed by atoms with Crippen molar-refractivity contribution in [1.82, 2.24) is 15.5 Å². The number of nitrogens with zero attached hydrogens (tertiary/aromatic N) is 2. The van der Waals surface area contributed by atoms with Gasteiger partial charge in [0, 0.05) is 39.6 Å². The molecule has 0 spiro atoms. The standard InChI is InChI=1S/C21H31FN4O/c1-23-19(25-15-21(10-4-5-11-21)18(27)26(2)3)24-14-20(12-13-20)16-6-8-17(22)9-7-16/h6-9H,4-5,10-15H2,1-3H3,(H2,23,24,25). The zero-order chi connectivity index (χ0) is 19.5. The van der Waals surface area contributed by atoms with Gasteiger partial charge in [0.15, 0.2) is 5.96 Å². The number of carbonyl (C=O) groups is 1. The molecule has 148 valence electrons. The normalized spacial score (nSPS) is 20.2. The first kappa shape index (κ1) is 19.6. The molecule has 0 aromatic heterocycles. The van der Waals surface area contributed by atoms with Gasteiger partial charge in [-0.1, -0.05) is 25.0 Å². The fraction of sp³-hybridized carbons (Fsp3) is 0.619. The summed E-state index contributed by atoms with van der Waals surface area (Å²) in [6.45, 7) is 1.36. The van der Waals surface area contributed by atoms with E-state index in [4.69, 9.17) is 0 Å². The molecule has 0 radical (unpaired) electrons. The summed E-state index contributed by atoms with van der Waals surface area (Å²) in [6, 6.07) is 6.81. The molecule has 2 N–H and O–H groups in total. The van der Waals surface area contributed by atoms with Crippen LogP contribution in [0.15, 0.2) is 29.3 Å². The van der Waals surface area contributed by atoms with Gasteiger partial charge in [-0.3, -0.25) is 9.79 Å². The van der Waals surface area contributed by atoms with E-state index in [1.165, 1.54) is 17.7 Å². The van der Waals surface area contributed by atoms with Crippen LogP contribution in [0.4, 0.5) is 4.39 Å². The van der Waals surface area contributed by atoms with Crippen molar-refractivity contribution < 1.29 is 9.18 Å². The van der Waals surface area contributed by atoms with Crippen molar-refractivity contribution in [1.29, 1.82) is 0 Å². The molecule has 6 heteroatoms. The molecule has 0 bridgehead atoms. The third kappa shape index (κ3) is 4.25. The van der Waals surface area contributed by atoms with Gasteiger partial charge < -0.3 is 15.5 Å². The molecule has 5 nitrogen and oxygen atoms in total. The van der Waals surface area contributed by atoms with Crippen LogP contribution in [0.3, 0.4) is 0 Å². The highest BCUT2D eigenvalue weighted by atomic mass is 19.1. The van der Waals surface area contributed by atoms with Gasteiger partial charge >= 0.3 is 0 Å². The Morgan fingerprint density at radius 1 is 1.07 bits per heavy atom. The molecule has 2 aliphatic rings. The van der Waals surface area contributed by atoms with E-state index in [1.54, 1.807) is 11.9 Å². The summed E-state index contributed by atoms with van der Waals surface area (Å²) >= 11 is 0. The summed E-state index contributed by atoms with van der Waals surface area (Å²) in [5.41, 5.74) is 0.910. The van der Waals surface area contributed by atoms with E-state index in [0.717, 1.165) is 51.0 Å². The second-order valence-corrected chi connectivity index (χ2v) is 8.25. The van der Waals surface area contributed by atoms with Crippen LogP contribution in [0.25, 0.3) is 0 Å². The van der Waals surface area contributed by atoms with Crippen LogP contribution in [0.5, 0.6) is 0 Å². The van der Waals surface area contributed by atoms with Crippen LogP contribution in [0.2, 0.25) is 0 Å². The zero-order valence-corrected chi connectivity index (χ0v) is 16.6. The van der Waals surface area contributed by atoms with Gasteiger partial charge in [0.05, 0.1) is 5.41 Å². The molecule has 0 unspecified atom stereocenters. The zero-order valence-electron chi connectivity index (χ0n) is 16.6. The second kappa shape index (κ2) is 7.87. The minimum atomic E-state index is -0.324. The Hall–Kier alpha value is -2.11. The number of carbonyl (C=O) groups excluding carboxylic acids is 1. The van der Waals surface area contributed by atoms with Crippen molar-refractivity contribution in [3.8, 4) is 0 Å². The van der Waals surface area contributed by atoms with Gasteiger partial charge in [-0.15, -0.1) is 0 Å². The minimum absolute atomic E-state index is 0.0653. The molecule has 3 rings (SSSR count). The Kier molecular flexibility index (Phi) is 5.72. The highest BCUT2D eigenvalue weighted by Gasteiger charge is 2.45. The highest BCUT2D eigenvalue weighted by molar-refractivity contribution is 5.85. The third-order valence-corrected chi connectivity index (χ3v) is 6.14. The molecular weight excluding hydrogens is 343 g/mol. The number of hydrogen-bond donors (Lipinski definition) is 2. The lowest BCUT2D eigenvalue weighted by Gasteiger charge is -2.31. The second-order valence-electron chi connectivity index (χ2n) is 8.25. The van der Waals surface area contributed by atoms with E-state index in [9.17, 15) is 9.18 Å².